The highest BCUT2D eigenvalue weighted by molar-refractivity contribution is 6.34. The molecule has 0 aliphatic carbocycles. The van der Waals surface area contributed by atoms with Crippen LogP contribution in [-0.4, -0.2) is 5.91 Å². The zero-order valence-electron chi connectivity index (χ0n) is 10.6. The van der Waals surface area contributed by atoms with Crippen LogP contribution in [0, 0.1) is 13.8 Å². The molecular weight excluding hydrogens is 281 g/mol. The number of halogens is 2. The molecule has 0 spiro atoms. The van der Waals surface area contributed by atoms with Gasteiger partial charge in [-0.3, -0.25) is 4.79 Å². The molecule has 0 saturated carbocycles. The average Bonchev–Trinajstić information content (AvgIpc) is 2.34. The summed E-state index contributed by atoms with van der Waals surface area (Å²) in [5.41, 5.74) is 3.19. The summed E-state index contributed by atoms with van der Waals surface area (Å²) in [4.78, 5) is 12.1. The predicted octanol–water partition coefficient (Wildman–Crippen LogP) is 4.86. The van der Waals surface area contributed by atoms with Crippen LogP contribution in [0.2, 0.25) is 10.0 Å². The first-order chi connectivity index (χ1) is 8.97. The summed E-state index contributed by atoms with van der Waals surface area (Å²) in [6, 6.07) is 10.5. The molecule has 1 amide bonds. The second-order valence-corrected chi connectivity index (χ2v) is 5.24. The van der Waals surface area contributed by atoms with E-state index in [1.807, 2.05) is 26.0 Å². The van der Waals surface area contributed by atoms with E-state index in [0.29, 0.717) is 21.3 Å². The van der Waals surface area contributed by atoms with Crippen LogP contribution in [0.4, 0.5) is 5.69 Å². The second-order valence-electron chi connectivity index (χ2n) is 4.40. The van der Waals surface area contributed by atoms with Gasteiger partial charge in [0.2, 0.25) is 0 Å². The molecule has 1 N–H and O–H groups in total. The van der Waals surface area contributed by atoms with Crippen LogP contribution in [0.15, 0.2) is 36.4 Å². The van der Waals surface area contributed by atoms with Crippen molar-refractivity contribution in [3.05, 3.63) is 63.1 Å². The number of aryl methyl sites for hydroxylation is 2. The van der Waals surface area contributed by atoms with Gasteiger partial charge < -0.3 is 5.32 Å². The molecule has 0 aromatic heterocycles. The Morgan fingerprint density at radius 1 is 1.05 bits per heavy atom. The van der Waals surface area contributed by atoms with E-state index in [-0.39, 0.29) is 5.91 Å². The van der Waals surface area contributed by atoms with E-state index in [1.54, 1.807) is 24.3 Å². The lowest BCUT2D eigenvalue weighted by Crippen LogP contribution is -2.13. The molecule has 0 aliphatic heterocycles. The Labute approximate surface area is 122 Å². The number of nitrogens with one attached hydrogen (secondary N) is 1. The fourth-order valence-electron chi connectivity index (χ4n) is 1.86. The van der Waals surface area contributed by atoms with Gasteiger partial charge in [-0.1, -0.05) is 29.3 Å². The Hall–Kier alpha value is -1.51. The highest BCUT2D eigenvalue weighted by Gasteiger charge is 2.11. The fourth-order valence-corrected chi connectivity index (χ4v) is 2.36. The zero-order valence-corrected chi connectivity index (χ0v) is 12.1. The molecule has 2 aromatic rings. The van der Waals surface area contributed by atoms with Crippen LogP contribution in [0.25, 0.3) is 0 Å². The number of carbonyl (C=O) groups excluding carboxylic acids is 1. The van der Waals surface area contributed by atoms with E-state index >= 15 is 0 Å². The summed E-state index contributed by atoms with van der Waals surface area (Å²) in [5.74, 6) is -0.203. The maximum absolute atomic E-state index is 12.1. The number of hydrogen-bond donors (Lipinski definition) is 1. The van der Waals surface area contributed by atoms with Crippen molar-refractivity contribution in [2.75, 3.05) is 5.32 Å². The summed E-state index contributed by atoms with van der Waals surface area (Å²) in [7, 11) is 0. The third-order valence-corrected chi connectivity index (χ3v) is 3.33. The van der Waals surface area contributed by atoms with Crippen molar-refractivity contribution in [3.8, 4) is 0 Å². The van der Waals surface area contributed by atoms with Gasteiger partial charge in [0.25, 0.3) is 5.91 Å². The molecule has 2 aromatic carbocycles. The van der Waals surface area contributed by atoms with Crippen LogP contribution in [0.1, 0.15) is 21.5 Å². The number of rotatable bonds is 2. The van der Waals surface area contributed by atoms with Crippen LogP contribution < -0.4 is 5.32 Å². The monoisotopic (exact) mass is 293 g/mol. The van der Waals surface area contributed by atoms with Crippen LogP contribution in [0.3, 0.4) is 0 Å². The van der Waals surface area contributed by atoms with Gasteiger partial charge in [0.05, 0.1) is 10.7 Å². The Balaban J connectivity index is 2.26. The van der Waals surface area contributed by atoms with Crippen LogP contribution >= 0.6 is 23.2 Å². The van der Waals surface area contributed by atoms with Gasteiger partial charge in [-0.05, 0) is 55.3 Å². The van der Waals surface area contributed by atoms with Gasteiger partial charge in [0.15, 0.2) is 0 Å². The lowest BCUT2D eigenvalue weighted by molar-refractivity contribution is 0.102. The average molecular weight is 294 g/mol. The van der Waals surface area contributed by atoms with Crippen molar-refractivity contribution in [3.63, 3.8) is 0 Å². The standard InChI is InChI=1S/C15H13Cl2NO/c1-9-7-10(2)14(13(17)8-9)18-15(19)11-3-5-12(16)6-4-11/h3-8H,1-2H3,(H,18,19). The number of anilines is 1. The summed E-state index contributed by atoms with van der Waals surface area (Å²) >= 11 is 11.9. The van der Waals surface area contributed by atoms with E-state index in [1.165, 1.54) is 0 Å². The van der Waals surface area contributed by atoms with Crippen molar-refractivity contribution in [2.45, 2.75) is 13.8 Å². The zero-order chi connectivity index (χ0) is 14.0. The third-order valence-electron chi connectivity index (χ3n) is 2.78. The Morgan fingerprint density at radius 3 is 2.26 bits per heavy atom. The first-order valence-corrected chi connectivity index (χ1v) is 6.56. The predicted molar refractivity (Wildman–Crippen MR) is 80.3 cm³/mol. The molecule has 4 heteroatoms. The largest absolute Gasteiger partial charge is 0.320 e. The van der Waals surface area contributed by atoms with E-state index in [4.69, 9.17) is 23.2 Å². The van der Waals surface area contributed by atoms with Gasteiger partial charge in [0.1, 0.15) is 0 Å². The van der Waals surface area contributed by atoms with Crippen molar-refractivity contribution >= 4 is 34.8 Å². The van der Waals surface area contributed by atoms with E-state index < -0.39 is 0 Å². The normalized spacial score (nSPS) is 10.3. The molecular formula is C15H13Cl2NO. The lowest BCUT2D eigenvalue weighted by atomic mass is 10.1. The minimum atomic E-state index is -0.203. The SMILES string of the molecule is Cc1cc(C)c(NC(=O)c2ccc(Cl)cc2)c(Cl)c1. The van der Waals surface area contributed by atoms with Gasteiger partial charge in [-0.15, -0.1) is 0 Å². The molecule has 0 heterocycles. The summed E-state index contributed by atoms with van der Waals surface area (Å²) in [6.07, 6.45) is 0. The summed E-state index contributed by atoms with van der Waals surface area (Å²) in [6.45, 7) is 3.88. The first kappa shape index (κ1) is 13.9. The minimum absolute atomic E-state index is 0.203. The summed E-state index contributed by atoms with van der Waals surface area (Å²) in [5, 5.41) is 3.97. The molecule has 0 aliphatic rings. The summed E-state index contributed by atoms with van der Waals surface area (Å²) < 4.78 is 0. The van der Waals surface area contributed by atoms with Gasteiger partial charge >= 0.3 is 0 Å². The van der Waals surface area contributed by atoms with Crippen molar-refractivity contribution in [2.24, 2.45) is 0 Å². The molecule has 0 unspecified atom stereocenters. The number of carbonyl (C=O) groups is 1. The number of hydrogen-bond acceptors (Lipinski definition) is 1. The molecule has 0 fully saturated rings. The van der Waals surface area contributed by atoms with E-state index in [2.05, 4.69) is 5.32 Å². The highest BCUT2D eigenvalue weighted by atomic mass is 35.5. The lowest BCUT2D eigenvalue weighted by Gasteiger charge is -2.11. The van der Waals surface area contributed by atoms with E-state index in [9.17, 15) is 4.79 Å². The molecule has 98 valence electrons. The molecule has 0 bridgehead atoms. The molecule has 0 radical (unpaired) electrons. The van der Waals surface area contributed by atoms with E-state index in [0.717, 1.165) is 11.1 Å². The van der Waals surface area contributed by atoms with Crippen LogP contribution in [0.5, 0.6) is 0 Å². The number of amides is 1. The van der Waals surface area contributed by atoms with Gasteiger partial charge in [-0.2, -0.15) is 0 Å². The molecule has 0 atom stereocenters. The molecule has 2 rings (SSSR count). The fraction of sp³-hybridized carbons (Fsp3) is 0.133. The topological polar surface area (TPSA) is 29.1 Å². The Bertz CT molecular complexity index is 598. The highest BCUT2D eigenvalue weighted by Crippen LogP contribution is 2.27. The molecule has 19 heavy (non-hydrogen) atoms. The molecule has 0 saturated heterocycles. The Morgan fingerprint density at radius 2 is 1.68 bits per heavy atom. The minimum Gasteiger partial charge on any atom is -0.320 e. The number of benzene rings is 2. The maximum atomic E-state index is 12.1. The molecule has 2 nitrogen and oxygen atoms in total. The van der Waals surface area contributed by atoms with Gasteiger partial charge in [-0.25, -0.2) is 0 Å². The van der Waals surface area contributed by atoms with Crippen LogP contribution in [-0.2, 0) is 0 Å². The van der Waals surface area contributed by atoms with Crippen molar-refractivity contribution in [1.82, 2.24) is 0 Å². The van der Waals surface area contributed by atoms with Gasteiger partial charge in [0, 0.05) is 10.6 Å². The second kappa shape index (κ2) is 5.64. The third kappa shape index (κ3) is 3.28. The Kier molecular flexibility index (Phi) is 4.13. The maximum Gasteiger partial charge on any atom is 0.255 e. The smallest absolute Gasteiger partial charge is 0.255 e. The quantitative estimate of drug-likeness (QED) is 0.841. The van der Waals surface area contributed by atoms with Crippen molar-refractivity contribution < 1.29 is 4.79 Å². The van der Waals surface area contributed by atoms with Crippen molar-refractivity contribution in [1.29, 1.82) is 0 Å². The first-order valence-electron chi connectivity index (χ1n) is 5.81.